The Bertz CT molecular complexity index is 324. The molecule has 0 saturated heterocycles. The van der Waals surface area contributed by atoms with E-state index in [-0.39, 0.29) is 0 Å². The molecule has 0 aliphatic heterocycles. The van der Waals surface area contributed by atoms with Crippen LogP contribution in [0.3, 0.4) is 0 Å². The van der Waals surface area contributed by atoms with E-state index in [2.05, 4.69) is 38.2 Å². The average molecular weight is 238 g/mol. The molecule has 0 aliphatic carbocycles. The SMILES string of the molecule is Cc1noc(C)c1C(C)NC(C)CCC(C)C. The predicted octanol–water partition coefficient (Wildman–Crippen LogP) is 3.77. The molecule has 3 nitrogen and oxygen atoms in total. The molecule has 0 aromatic carbocycles. The largest absolute Gasteiger partial charge is 0.361 e. The van der Waals surface area contributed by atoms with Crippen molar-refractivity contribution in [3.63, 3.8) is 0 Å². The topological polar surface area (TPSA) is 38.1 Å². The van der Waals surface area contributed by atoms with Gasteiger partial charge in [0.15, 0.2) is 0 Å². The highest BCUT2D eigenvalue weighted by Gasteiger charge is 2.17. The molecular weight excluding hydrogens is 212 g/mol. The van der Waals surface area contributed by atoms with E-state index in [0.29, 0.717) is 12.1 Å². The maximum absolute atomic E-state index is 5.21. The molecular formula is C14H26N2O. The maximum atomic E-state index is 5.21. The number of aromatic nitrogens is 1. The molecule has 98 valence electrons. The van der Waals surface area contributed by atoms with Gasteiger partial charge in [0, 0.05) is 17.6 Å². The molecule has 0 aliphatic rings. The Balaban J connectivity index is 2.51. The molecule has 1 aromatic rings. The second-order valence-electron chi connectivity index (χ2n) is 5.50. The van der Waals surface area contributed by atoms with Gasteiger partial charge in [0.25, 0.3) is 0 Å². The van der Waals surface area contributed by atoms with Gasteiger partial charge in [0.1, 0.15) is 5.76 Å². The standard InChI is InChI=1S/C14H26N2O/c1-9(2)7-8-10(3)15-11(4)14-12(5)16-17-13(14)6/h9-11,15H,7-8H2,1-6H3. The zero-order valence-electron chi connectivity index (χ0n) is 12.0. The van der Waals surface area contributed by atoms with Crippen LogP contribution in [0.15, 0.2) is 4.52 Å². The van der Waals surface area contributed by atoms with Gasteiger partial charge in [-0.2, -0.15) is 0 Å². The van der Waals surface area contributed by atoms with E-state index in [1.165, 1.54) is 18.4 Å². The lowest BCUT2D eigenvalue weighted by Gasteiger charge is -2.20. The summed E-state index contributed by atoms with van der Waals surface area (Å²) in [5, 5.41) is 7.62. The van der Waals surface area contributed by atoms with Crippen molar-refractivity contribution >= 4 is 0 Å². The van der Waals surface area contributed by atoms with Crippen LogP contribution in [0.1, 0.15) is 63.6 Å². The van der Waals surface area contributed by atoms with Crippen molar-refractivity contribution in [2.75, 3.05) is 0 Å². The lowest BCUT2D eigenvalue weighted by Crippen LogP contribution is -2.29. The van der Waals surface area contributed by atoms with Gasteiger partial charge >= 0.3 is 0 Å². The number of nitrogens with zero attached hydrogens (tertiary/aromatic N) is 1. The van der Waals surface area contributed by atoms with E-state index in [4.69, 9.17) is 4.52 Å². The van der Waals surface area contributed by atoms with Gasteiger partial charge in [-0.15, -0.1) is 0 Å². The minimum absolute atomic E-state index is 0.309. The Labute approximate surface area is 105 Å². The van der Waals surface area contributed by atoms with Crippen molar-refractivity contribution in [3.8, 4) is 0 Å². The first-order chi connectivity index (χ1) is 7.91. The molecule has 0 bridgehead atoms. The fourth-order valence-corrected chi connectivity index (χ4v) is 2.29. The molecule has 0 radical (unpaired) electrons. The summed E-state index contributed by atoms with van der Waals surface area (Å²) in [5.74, 6) is 1.70. The van der Waals surface area contributed by atoms with Crippen LogP contribution in [0.25, 0.3) is 0 Å². The third kappa shape index (κ3) is 4.15. The number of aryl methyl sites for hydroxylation is 2. The molecule has 0 spiro atoms. The number of rotatable bonds is 6. The lowest BCUT2D eigenvalue weighted by molar-refractivity contribution is 0.386. The van der Waals surface area contributed by atoms with E-state index >= 15 is 0 Å². The number of hydrogen-bond donors (Lipinski definition) is 1. The van der Waals surface area contributed by atoms with Crippen molar-refractivity contribution in [1.29, 1.82) is 0 Å². The van der Waals surface area contributed by atoms with E-state index in [9.17, 15) is 0 Å². The molecule has 1 rings (SSSR count). The Kier molecular flexibility index (Phi) is 5.19. The lowest BCUT2D eigenvalue weighted by atomic mass is 10.0. The first-order valence-electron chi connectivity index (χ1n) is 6.60. The molecule has 0 amide bonds. The van der Waals surface area contributed by atoms with Crippen molar-refractivity contribution in [2.45, 2.75) is 66.5 Å². The van der Waals surface area contributed by atoms with Crippen molar-refractivity contribution in [3.05, 3.63) is 17.0 Å². The summed E-state index contributed by atoms with van der Waals surface area (Å²) in [5.41, 5.74) is 2.21. The summed E-state index contributed by atoms with van der Waals surface area (Å²) in [6.07, 6.45) is 2.48. The summed E-state index contributed by atoms with van der Waals surface area (Å²) in [4.78, 5) is 0. The van der Waals surface area contributed by atoms with Crippen LogP contribution in [0.5, 0.6) is 0 Å². The van der Waals surface area contributed by atoms with E-state index in [1.807, 2.05) is 13.8 Å². The highest BCUT2D eigenvalue weighted by Crippen LogP contribution is 2.22. The highest BCUT2D eigenvalue weighted by atomic mass is 16.5. The Hall–Kier alpha value is -0.830. The molecule has 1 aromatic heterocycles. The van der Waals surface area contributed by atoms with Gasteiger partial charge in [-0.05, 0) is 46.5 Å². The van der Waals surface area contributed by atoms with Crippen molar-refractivity contribution in [1.82, 2.24) is 10.5 Å². The molecule has 17 heavy (non-hydrogen) atoms. The summed E-state index contributed by atoms with van der Waals surface area (Å²) < 4.78 is 5.21. The molecule has 1 heterocycles. The van der Waals surface area contributed by atoms with Gasteiger partial charge in [-0.25, -0.2) is 0 Å². The third-order valence-electron chi connectivity index (χ3n) is 3.23. The van der Waals surface area contributed by atoms with Crippen LogP contribution in [0, 0.1) is 19.8 Å². The third-order valence-corrected chi connectivity index (χ3v) is 3.23. The Morgan fingerprint density at radius 2 is 1.76 bits per heavy atom. The van der Waals surface area contributed by atoms with Gasteiger partial charge in [0.2, 0.25) is 0 Å². The molecule has 0 fully saturated rings. The van der Waals surface area contributed by atoms with Gasteiger partial charge in [-0.1, -0.05) is 19.0 Å². The number of nitrogens with one attached hydrogen (secondary N) is 1. The fraction of sp³-hybridized carbons (Fsp3) is 0.786. The quantitative estimate of drug-likeness (QED) is 0.820. The summed E-state index contributed by atoms with van der Waals surface area (Å²) in [6.45, 7) is 12.9. The summed E-state index contributed by atoms with van der Waals surface area (Å²) in [7, 11) is 0. The van der Waals surface area contributed by atoms with Crippen LogP contribution in [0.4, 0.5) is 0 Å². The zero-order chi connectivity index (χ0) is 13.0. The van der Waals surface area contributed by atoms with Crippen LogP contribution >= 0.6 is 0 Å². The maximum Gasteiger partial charge on any atom is 0.138 e. The van der Waals surface area contributed by atoms with E-state index in [0.717, 1.165) is 17.4 Å². The Morgan fingerprint density at radius 1 is 1.12 bits per heavy atom. The van der Waals surface area contributed by atoms with Gasteiger partial charge in [0.05, 0.1) is 5.69 Å². The van der Waals surface area contributed by atoms with Gasteiger partial charge in [-0.3, -0.25) is 0 Å². The molecule has 3 heteroatoms. The monoisotopic (exact) mass is 238 g/mol. The second kappa shape index (κ2) is 6.20. The van der Waals surface area contributed by atoms with E-state index in [1.54, 1.807) is 0 Å². The molecule has 2 atom stereocenters. The summed E-state index contributed by atoms with van der Waals surface area (Å²) in [6, 6.07) is 0.838. The van der Waals surface area contributed by atoms with Crippen LogP contribution in [-0.4, -0.2) is 11.2 Å². The van der Waals surface area contributed by atoms with Crippen molar-refractivity contribution in [2.24, 2.45) is 5.92 Å². The Morgan fingerprint density at radius 3 is 2.24 bits per heavy atom. The smallest absolute Gasteiger partial charge is 0.138 e. The second-order valence-corrected chi connectivity index (χ2v) is 5.50. The first-order valence-corrected chi connectivity index (χ1v) is 6.60. The minimum atomic E-state index is 0.309. The molecule has 2 unspecified atom stereocenters. The molecule has 1 N–H and O–H groups in total. The van der Waals surface area contributed by atoms with E-state index < -0.39 is 0 Å². The zero-order valence-corrected chi connectivity index (χ0v) is 12.0. The minimum Gasteiger partial charge on any atom is -0.361 e. The van der Waals surface area contributed by atoms with Gasteiger partial charge < -0.3 is 9.84 Å². The first kappa shape index (κ1) is 14.2. The van der Waals surface area contributed by atoms with Crippen LogP contribution in [0.2, 0.25) is 0 Å². The molecule has 0 saturated carbocycles. The number of hydrogen-bond acceptors (Lipinski definition) is 3. The van der Waals surface area contributed by atoms with Crippen LogP contribution in [-0.2, 0) is 0 Å². The average Bonchev–Trinajstić information content (AvgIpc) is 2.55. The van der Waals surface area contributed by atoms with Crippen LogP contribution < -0.4 is 5.32 Å². The normalized spacial score (nSPS) is 15.2. The highest BCUT2D eigenvalue weighted by molar-refractivity contribution is 5.24. The van der Waals surface area contributed by atoms with Crippen molar-refractivity contribution < 1.29 is 4.52 Å². The predicted molar refractivity (Wildman–Crippen MR) is 71.1 cm³/mol. The fourth-order valence-electron chi connectivity index (χ4n) is 2.29. The summed E-state index contributed by atoms with van der Waals surface area (Å²) >= 11 is 0.